The molecule has 8 heteroatoms. The molecule has 1 atom stereocenters. The summed E-state index contributed by atoms with van der Waals surface area (Å²) in [7, 11) is 1.56. The number of nitroso groups, excluding NO2 is 1. The molecule has 4 rings (SSSR count). The molecule has 0 aromatic heterocycles. The molecule has 0 bridgehead atoms. The molecule has 1 saturated heterocycles. The lowest BCUT2D eigenvalue weighted by Crippen LogP contribution is -2.38. The number of morpholine rings is 1. The number of hydrogen-bond acceptors (Lipinski definition) is 7. The van der Waals surface area contributed by atoms with Gasteiger partial charge in [-0.2, -0.15) is 0 Å². The number of rotatable bonds is 9. The number of nitrogens with zero attached hydrogens (tertiary/aromatic N) is 2. The van der Waals surface area contributed by atoms with Gasteiger partial charge in [0.15, 0.2) is 6.04 Å². The molecule has 0 saturated carbocycles. The number of nitrogens with one attached hydrogen (secondary N) is 1. The highest BCUT2D eigenvalue weighted by Crippen LogP contribution is 2.37. The predicted molar refractivity (Wildman–Crippen MR) is 150 cm³/mol. The molecule has 1 heterocycles. The number of fused-ring (bicyclic) bond motifs is 1. The highest BCUT2D eigenvalue weighted by atomic mass is 16.5. The molecule has 0 spiro atoms. The number of aryl methyl sites for hydroxylation is 1. The minimum atomic E-state index is -1.24. The molecule has 1 unspecified atom stereocenters. The Hall–Kier alpha value is -3.49. The number of hydrogen-bond donors (Lipinski definition) is 1. The van der Waals surface area contributed by atoms with Crippen molar-refractivity contribution in [3.63, 3.8) is 0 Å². The van der Waals surface area contributed by atoms with Crippen LogP contribution in [0.4, 0.5) is 5.69 Å². The highest BCUT2D eigenvalue weighted by Gasteiger charge is 2.27. The molecule has 8 nitrogen and oxygen atoms in total. The van der Waals surface area contributed by atoms with Gasteiger partial charge >= 0.3 is 0 Å². The fraction of sp³-hybridized carbons (Fsp3) is 0.433. The fourth-order valence-electron chi connectivity index (χ4n) is 4.79. The molecule has 0 aliphatic carbocycles. The van der Waals surface area contributed by atoms with Gasteiger partial charge in [0, 0.05) is 25.0 Å². The second-order valence-corrected chi connectivity index (χ2v) is 10.6. The molecule has 1 aliphatic heterocycles. The first-order chi connectivity index (χ1) is 18.2. The Bertz CT molecular complexity index is 1300. The van der Waals surface area contributed by atoms with E-state index in [9.17, 15) is 9.70 Å². The predicted octanol–water partition coefficient (Wildman–Crippen LogP) is 5.61. The Morgan fingerprint density at radius 3 is 2.47 bits per heavy atom. The van der Waals surface area contributed by atoms with Gasteiger partial charge in [-0.1, -0.05) is 62.3 Å². The molecule has 38 heavy (non-hydrogen) atoms. The normalized spacial score (nSPS) is 15.2. The highest BCUT2D eigenvalue weighted by molar-refractivity contribution is 6.01. The summed E-state index contributed by atoms with van der Waals surface area (Å²) in [4.78, 5) is 27.8. The van der Waals surface area contributed by atoms with Crippen molar-refractivity contribution in [3.8, 4) is 11.5 Å². The molecule has 202 valence electrons. The summed E-state index contributed by atoms with van der Waals surface area (Å²) in [5.74, 6) is 0.748. The molecule has 1 amide bonds. The van der Waals surface area contributed by atoms with Crippen LogP contribution in [0.1, 0.15) is 43.5 Å². The van der Waals surface area contributed by atoms with Crippen molar-refractivity contribution in [2.45, 2.75) is 39.2 Å². The van der Waals surface area contributed by atoms with Crippen molar-refractivity contribution >= 4 is 22.4 Å². The smallest absolute Gasteiger partial charge is 0.257 e. The maximum atomic E-state index is 13.5. The van der Waals surface area contributed by atoms with Crippen LogP contribution in [-0.2, 0) is 14.9 Å². The summed E-state index contributed by atoms with van der Waals surface area (Å²) in [6, 6.07) is 13.9. The third-order valence-electron chi connectivity index (χ3n) is 6.94. The monoisotopic (exact) mass is 519 g/mol. The zero-order valence-corrected chi connectivity index (χ0v) is 22.9. The Morgan fingerprint density at radius 2 is 1.82 bits per heavy atom. The number of carbonyl (C=O) groups excluding carboxylic acids is 1. The van der Waals surface area contributed by atoms with Crippen molar-refractivity contribution < 1.29 is 19.0 Å². The van der Waals surface area contributed by atoms with E-state index in [4.69, 9.17) is 14.2 Å². The minimum absolute atomic E-state index is 0.132. The molecule has 1 aliphatic rings. The Kier molecular flexibility index (Phi) is 8.64. The molecular weight excluding hydrogens is 482 g/mol. The summed E-state index contributed by atoms with van der Waals surface area (Å²) < 4.78 is 17.1. The van der Waals surface area contributed by atoms with Gasteiger partial charge in [0.1, 0.15) is 18.1 Å². The first-order valence-electron chi connectivity index (χ1n) is 13.0. The van der Waals surface area contributed by atoms with Crippen molar-refractivity contribution in [2.24, 2.45) is 5.18 Å². The topological polar surface area (TPSA) is 89.5 Å². The van der Waals surface area contributed by atoms with Gasteiger partial charge in [0.25, 0.3) is 5.91 Å². The van der Waals surface area contributed by atoms with E-state index in [0.717, 1.165) is 54.7 Å². The molecule has 3 aromatic rings. The lowest BCUT2D eigenvalue weighted by Gasteiger charge is -2.26. The van der Waals surface area contributed by atoms with Crippen molar-refractivity contribution in [3.05, 3.63) is 70.1 Å². The lowest BCUT2D eigenvalue weighted by molar-refractivity contribution is -0.117. The third-order valence-corrected chi connectivity index (χ3v) is 6.94. The molecule has 1 fully saturated rings. The SMILES string of the molecule is COc1c(C)cc(C(C)(C)C)cc1NC(=O)C(N=O)c1ccc(OCCN2CCOCC2)c2ccccc12. The van der Waals surface area contributed by atoms with Gasteiger partial charge in [-0.05, 0) is 46.5 Å². The van der Waals surface area contributed by atoms with Crippen molar-refractivity contribution in [1.82, 2.24) is 4.90 Å². The minimum Gasteiger partial charge on any atom is -0.494 e. The van der Waals surface area contributed by atoms with Crippen LogP contribution in [-0.4, -0.2) is 57.4 Å². The van der Waals surface area contributed by atoms with Gasteiger partial charge in [0.05, 0.1) is 26.0 Å². The van der Waals surface area contributed by atoms with Crippen molar-refractivity contribution in [1.29, 1.82) is 0 Å². The third kappa shape index (κ3) is 6.14. The van der Waals surface area contributed by atoms with Gasteiger partial charge in [-0.25, -0.2) is 0 Å². The summed E-state index contributed by atoms with van der Waals surface area (Å²) in [6.45, 7) is 12.9. The summed E-state index contributed by atoms with van der Waals surface area (Å²) in [5.41, 5.74) is 2.85. The van der Waals surface area contributed by atoms with E-state index in [1.165, 1.54) is 0 Å². The van der Waals surface area contributed by atoms with E-state index in [0.29, 0.717) is 29.4 Å². The number of benzene rings is 3. The number of carbonyl (C=O) groups is 1. The van der Waals surface area contributed by atoms with Gasteiger partial charge in [-0.15, -0.1) is 4.91 Å². The Morgan fingerprint density at radius 1 is 1.11 bits per heavy atom. The van der Waals surface area contributed by atoms with E-state index in [1.807, 2.05) is 43.3 Å². The first-order valence-corrected chi connectivity index (χ1v) is 13.0. The largest absolute Gasteiger partial charge is 0.494 e. The van der Waals surface area contributed by atoms with E-state index in [-0.39, 0.29) is 5.41 Å². The quantitative estimate of drug-likeness (QED) is 0.370. The Balaban J connectivity index is 1.59. The van der Waals surface area contributed by atoms with E-state index < -0.39 is 11.9 Å². The standard InChI is InChI=1S/C30H37N3O5/c1-20-18-21(30(2,3)4)19-25(28(20)36-5)31-29(34)27(32-35)24-10-11-26(23-9-7-6-8-22(23)24)38-17-14-33-12-15-37-16-13-33/h6-11,18-19,27H,12-17H2,1-5H3,(H,31,34). The van der Waals surface area contributed by atoms with Gasteiger partial charge in [0.2, 0.25) is 0 Å². The number of anilines is 1. The van der Waals surface area contributed by atoms with Gasteiger partial charge < -0.3 is 19.5 Å². The first kappa shape index (κ1) is 27.5. The molecule has 3 aromatic carbocycles. The van der Waals surface area contributed by atoms with Crippen LogP contribution < -0.4 is 14.8 Å². The second kappa shape index (κ2) is 11.9. The molecule has 0 radical (unpaired) electrons. The fourth-order valence-corrected chi connectivity index (χ4v) is 4.79. The van der Waals surface area contributed by atoms with Crippen LogP contribution in [0, 0.1) is 11.8 Å². The average molecular weight is 520 g/mol. The second-order valence-electron chi connectivity index (χ2n) is 10.6. The number of methoxy groups -OCH3 is 1. The summed E-state index contributed by atoms with van der Waals surface area (Å²) in [6.07, 6.45) is 0. The molecule has 1 N–H and O–H groups in total. The zero-order valence-electron chi connectivity index (χ0n) is 22.9. The Labute approximate surface area is 224 Å². The lowest BCUT2D eigenvalue weighted by atomic mass is 9.85. The van der Waals surface area contributed by atoms with Crippen LogP contribution in [0.3, 0.4) is 0 Å². The van der Waals surface area contributed by atoms with E-state index in [2.05, 4.69) is 42.2 Å². The average Bonchev–Trinajstić information content (AvgIpc) is 2.90. The zero-order chi connectivity index (χ0) is 27.3. The maximum absolute atomic E-state index is 13.5. The maximum Gasteiger partial charge on any atom is 0.257 e. The van der Waals surface area contributed by atoms with Crippen LogP contribution in [0.5, 0.6) is 11.5 Å². The number of amides is 1. The van der Waals surface area contributed by atoms with Crippen LogP contribution >= 0.6 is 0 Å². The van der Waals surface area contributed by atoms with Crippen LogP contribution in [0.2, 0.25) is 0 Å². The van der Waals surface area contributed by atoms with Crippen LogP contribution in [0.25, 0.3) is 10.8 Å². The van der Waals surface area contributed by atoms with E-state index in [1.54, 1.807) is 13.2 Å². The van der Waals surface area contributed by atoms with Gasteiger partial charge in [-0.3, -0.25) is 9.69 Å². The molecular formula is C30H37N3O5. The van der Waals surface area contributed by atoms with E-state index >= 15 is 0 Å². The van der Waals surface area contributed by atoms with Crippen LogP contribution in [0.15, 0.2) is 53.7 Å². The van der Waals surface area contributed by atoms with Crippen molar-refractivity contribution in [2.75, 3.05) is 51.9 Å². The summed E-state index contributed by atoms with van der Waals surface area (Å²) >= 11 is 0. The summed E-state index contributed by atoms with van der Waals surface area (Å²) in [5, 5.41) is 7.74. The number of ether oxygens (including phenoxy) is 3.